The number of carboxylic acid groups (broad SMARTS) is 1. The van der Waals surface area contributed by atoms with Crippen LogP contribution < -0.4 is 5.32 Å². The molecule has 2 atom stereocenters. The van der Waals surface area contributed by atoms with Gasteiger partial charge in [-0.2, -0.15) is 0 Å². The summed E-state index contributed by atoms with van der Waals surface area (Å²) in [6.45, 7) is 1.95. The van der Waals surface area contributed by atoms with Crippen molar-refractivity contribution >= 4 is 39.1 Å². The Morgan fingerprint density at radius 3 is 2.73 bits per heavy atom. The van der Waals surface area contributed by atoms with Gasteiger partial charge in [0.15, 0.2) is 0 Å². The molecule has 1 aliphatic carbocycles. The van der Waals surface area contributed by atoms with Crippen LogP contribution in [0.2, 0.25) is 0 Å². The van der Waals surface area contributed by atoms with Gasteiger partial charge in [0.2, 0.25) is 5.91 Å². The maximum absolute atomic E-state index is 12.4. The van der Waals surface area contributed by atoms with Crippen LogP contribution in [0, 0.1) is 18.8 Å². The highest BCUT2D eigenvalue weighted by atomic mass is 32.1. The zero-order valence-electron chi connectivity index (χ0n) is 12.3. The molecule has 0 saturated heterocycles. The first-order valence-corrected chi connectivity index (χ1v) is 8.27. The van der Waals surface area contributed by atoms with Crippen molar-refractivity contribution < 1.29 is 14.7 Å². The van der Waals surface area contributed by atoms with Crippen molar-refractivity contribution in [3.63, 3.8) is 0 Å². The Kier molecular flexibility index (Phi) is 4.11. The quantitative estimate of drug-likeness (QED) is 0.908. The highest BCUT2D eigenvalue weighted by Gasteiger charge is 2.35. The number of rotatable bonds is 3. The molecular formula is C16H18N2O3S. The molecule has 1 fully saturated rings. The summed E-state index contributed by atoms with van der Waals surface area (Å²) < 4.78 is 1.02. The molecule has 1 aromatic heterocycles. The van der Waals surface area contributed by atoms with Gasteiger partial charge in [-0.05, 0) is 38.0 Å². The molecule has 0 radical (unpaired) electrons. The number of carbonyl (C=O) groups is 2. The van der Waals surface area contributed by atoms with Crippen molar-refractivity contribution in [2.45, 2.75) is 32.6 Å². The molecule has 2 aromatic rings. The molecule has 1 aliphatic rings. The van der Waals surface area contributed by atoms with Gasteiger partial charge in [0.05, 0.1) is 27.1 Å². The van der Waals surface area contributed by atoms with Gasteiger partial charge >= 0.3 is 5.97 Å². The first-order valence-electron chi connectivity index (χ1n) is 7.45. The molecule has 0 spiro atoms. The minimum Gasteiger partial charge on any atom is -0.481 e. The van der Waals surface area contributed by atoms with Crippen molar-refractivity contribution in [1.29, 1.82) is 0 Å². The fourth-order valence-electron chi connectivity index (χ4n) is 3.09. The summed E-state index contributed by atoms with van der Waals surface area (Å²) in [4.78, 5) is 28.1. The summed E-state index contributed by atoms with van der Waals surface area (Å²) in [5, 5.41) is 13.1. The van der Waals surface area contributed by atoms with E-state index in [1.807, 2.05) is 25.1 Å². The Labute approximate surface area is 132 Å². The number of fused-ring (bicyclic) bond motifs is 1. The van der Waals surface area contributed by atoms with Crippen molar-refractivity contribution in [1.82, 2.24) is 4.98 Å². The zero-order valence-corrected chi connectivity index (χ0v) is 13.2. The fourth-order valence-corrected chi connectivity index (χ4v) is 3.96. The van der Waals surface area contributed by atoms with Crippen LogP contribution in [-0.2, 0) is 9.59 Å². The maximum atomic E-state index is 12.4. The van der Waals surface area contributed by atoms with E-state index in [4.69, 9.17) is 0 Å². The predicted octanol–water partition coefficient (Wildman–Crippen LogP) is 3.43. The Morgan fingerprint density at radius 2 is 2.00 bits per heavy atom. The number of amides is 1. The van der Waals surface area contributed by atoms with E-state index >= 15 is 0 Å². The van der Waals surface area contributed by atoms with E-state index in [1.54, 1.807) is 11.3 Å². The molecule has 0 aliphatic heterocycles. The van der Waals surface area contributed by atoms with Crippen LogP contribution in [0.3, 0.4) is 0 Å². The van der Waals surface area contributed by atoms with E-state index in [1.165, 1.54) is 0 Å². The monoisotopic (exact) mass is 318 g/mol. The van der Waals surface area contributed by atoms with Crippen LogP contribution in [0.25, 0.3) is 10.2 Å². The van der Waals surface area contributed by atoms with Gasteiger partial charge in [0.1, 0.15) is 0 Å². The van der Waals surface area contributed by atoms with E-state index in [0.717, 1.165) is 28.1 Å². The van der Waals surface area contributed by atoms with Gasteiger partial charge in [-0.3, -0.25) is 9.59 Å². The second-order valence-corrected chi connectivity index (χ2v) is 6.98. The molecule has 1 amide bonds. The Hall–Kier alpha value is -1.95. The van der Waals surface area contributed by atoms with Gasteiger partial charge in [0.25, 0.3) is 0 Å². The minimum atomic E-state index is -0.867. The lowest BCUT2D eigenvalue weighted by molar-refractivity contribution is -0.147. The van der Waals surface area contributed by atoms with Crippen molar-refractivity contribution in [2.75, 3.05) is 5.32 Å². The standard InChI is InChI=1S/C16H18N2O3S/c1-9-17-13-7-6-10(8-14(13)22-9)18-15(19)11-4-2-3-5-12(11)16(20)21/h6-8,11-12H,2-5H2,1H3,(H,18,19)(H,20,21). The van der Waals surface area contributed by atoms with Gasteiger partial charge in [0, 0.05) is 5.69 Å². The van der Waals surface area contributed by atoms with E-state index in [-0.39, 0.29) is 5.91 Å². The lowest BCUT2D eigenvalue weighted by Gasteiger charge is -2.27. The number of aromatic nitrogens is 1. The molecule has 22 heavy (non-hydrogen) atoms. The number of hydrogen-bond donors (Lipinski definition) is 2. The summed E-state index contributed by atoms with van der Waals surface area (Å²) in [6.07, 6.45) is 3.02. The van der Waals surface area contributed by atoms with E-state index in [9.17, 15) is 14.7 Å². The largest absolute Gasteiger partial charge is 0.481 e. The number of aliphatic carboxylic acids is 1. The van der Waals surface area contributed by atoms with E-state index < -0.39 is 17.8 Å². The highest BCUT2D eigenvalue weighted by molar-refractivity contribution is 7.18. The van der Waals surface area contributed by atoms with Gasteiger partial charge in [-0.15, -0.1) is 11.3 Å². The number of hydrogen-bond acceptors (Lipinski definition) is 4. The SMILES string of the molecule is Cc1nc2ccc(NC(=O)C3CCCCC3C(=O)O)cc2s1. The summed E-state index contributed by atoms with van der Waals surface area (Å²) in [7, 11) is 0. The zero-order chi connectivity index (χ0) is 15.7. The number of aryl methyl sites for hydroxylation is 1. The molecule has 2 N–H and O–H groups in total. The number of thiazole rings is 1. The van der Waals surface area contributed by atoms with E-state index in [0.29, 0.717) is 18.5 Å². The fraction of sp³-hybridized carbons (Fsp3) is 0.438. The summed E-state index contributed by atoms with van der Waals surface area (Å²) in [6, 6.07) is 5.60. The predicted molar refractivity (Wildman–Crippen MR) is 86.1 cm³/mol. The summed E-state index contributed by atoms with van der Waals surface area (Å²) in [5.74, 6) is -2.06. The number of benzene rings is 1. The van der Waals surface area contributed by atoms with Crippen molar-refractivity contribution in [3.05, 3.63) is 23.2 Å². The van der Waals surface area contributed by atoms with Gasteiger partial charge in [-0.25, -0.2) is 4.98 Å². The molecule has 1 saturated carbocycles. The minimum absolute atomic E-state index is 0.187. The Morgan fingerprint density at radius 1 is 1.27 bits per heavy atom. The first-order chi connectivity index (χ1) is 10.5. The molecule has 1 aromatic carbocycles. The normalized spacial score (nSPS) is 21.7. The average molecular weight is 318 g/mol. The third-order valence-electron chi connectivity index (χ3n) is 4.18. The van der Waals surface area contributed by atoms with Crippen LogP contribution in [0.4, 0.5) is 5.69 Å². The molecule has 5 nitrogen and oxygen atoms in total. The molecule has 0 bridgehead atoms. The smallest absolute Gasteiger partial charge is 0.307 e. The van der Waals surface area contributed by atoms with Crippen LogP contribution >= 0.6 is 11.3 Å². The molecule has 1 heterocycles. The second-order valence-electron chi connectivity index (χ2n) is 5.74. The Balaban J connectivity index is 1.77. The number of carboxylic acids is 1. The molecule has 2 unspecified atom stereocenters. The summed E-state index contributed by atoms with van der Waals surface area (Å²) in [5.41, 5.74) is 1.62. The third-order valence-corrected chi connectivity index (χ3v) is 5.12. The third kappa shape index (κ3) is 2.97. The first kappa shape index (κ1) is 15.0. The van der Waals surface area contributed by atoms with Gasteiger partial charge < -0.3 is 10.4 Å². The second kappa shape index (κ2) is 6.04. The van der Waals surface area contributed by atoms with Crippen LogP contribution in [0.5, 0.6) is 0 Å². The van der Waals surface area contributed by atoms with Crippen molar-refractivity contribution in [3.8, 4) is 0 Å². The molecule has 3 rings (SSSR count). The van der Waals surface area contributed by atoms with Crippen LogP contribution in [0.1, 0.15) is 30.7 Å². The summed E-state index contributed by atoms with van der Waals surface area (Å²) >= 11 is 1.58. The maximum Gasteiger partial charge on any atom is 0.307 e. The van der Waals surface area contributed by atoms with Crippen LogP contribution in [0.15, 0.2) is 18.2 Å². The molecular weight excluding hydrogens is 300 g/mol. The molecule has 116 valence electrons. The highest BCUT2D eigenvalue weighted by Crippen LogP contribution is 2.32. The topological polar surface area (TPSA) is 79.3 Å². The van der Waals surface area contributed by atoms with Crippen LogP contribution in [-0.4, -0.2) is 22.0 Å². The lowest BCUT2D eigenvalue weighted by atomic mass is 9.78. The number of carbonyl (C=O) groups excluding carboxylic acids is 1. The lowest BCUT2D eigenvalue weighted by Crippen LogP contribution is -2.36. The number of nitrogens with zero attached hydrogens (tertiary/aromatic N) is 1. The molecule has 6 heteroatoms. The van der Waals surface area contributed by atoms with Gasteiger partial charge in [-0.1, -0.05) is 12.8 Å². The van der Waals surface area contributed by atoms with Crippen molar-refractivity contribution in [2.24, 2.45) is 11.8 Å². The van der Waals surface area contributed by atoms with E-state index in [2.05, 4.69) is 10.3 Å². The number of anilines is 1. The number of nitrogens with one attached hydrogen (secondary N) is 1. The Bertz CT molecular complexity index is 725. The average Bonchev–Trinajstić information content (AvgIpc) is 2.86.